The van der Waals surface area contributed by atoms with E-state index in [9.17, 15) is 14.7 Å². The summed E-state index contributed by atoms with van der Waals surface area (Å²) in [6.07, 6.45) is 6.12. The Balaban J connectivity index is 1.57. The van der Waals surface area contributed by atoms with Crippen LogP contribution in [-0.4, -0.2) is 44.8 Å². The van der Waals surface area contributed by atoms with Crippen LogP contribution in [0.3, 0.4) is 0 Å². The molecule has 1 aromatic rings. The number of aryl methyl sites for hydroxylation is 1. The molecular formula is C14H19N3O3. The topological polar surface area (TPSA) is 75.4 Å². The fraction of sp³-hybridized carbons (Fsp3) is 0.643. The van der Waals surface area contributed by atoms with Crippen molar-refractivity contribution in [1.82, 2.24) is 14.7 Å². The number of likely N-dealkylation sites (tertiary alicyclic amines) is 1. The third-order valence-electron chi connectivity index (χ3n) is 4.38. The van der Waals surface area contributed by atoms with Crippen LogP contribution in [-0.2, 0) is 16.1 Å². The number of amides is 1. The first-order valence-corrected chi connectivity index (χ1v) is 7.13. The number of carbonyl (C=O) groups excluding carboxylic acids is 1. The molecular weight excluding hydrogens is 258 g/mol. The molecule has 0 spiro atoms. The van der Waals surface area contributed by atoms with Crippen LogP contribution < -0.4 is 0 Å². The number of aliphatic carboxylic acids is 1. The molecule has 1 aliphatic heterocycles. The SMILES string of the molecule is O=C(O)[C@@H]1CN(C(=O)CCn2cccn2)C[C@H]1C1CC1. The highest BCUT2D eigenvalue weighted by Gasteiger charge is 2.46. The van der Waals surface area contributed by atoms with Gasteiger partial charge >= 0.3 is 5.97 Å². The minimum absolute atomic E-state index is 0.0369. The summed E-state index contributed by atoms with van der Waals surface area (Å²) in [6, 6.07) is 1.82. The number of aromatic nitrogens is 2. The molecule has 1 N–H and O–H groups in total. The molecule has 2 fully saturated rings. The molecule has 2 aliphatic rings. The highest BCUT2D eigenvalue weighted by molar-refractivity contribution is 5.79. The number of hydrogen-bond donors (Lipinski definition) is 1. The van der Waals surface area contributed by atoms with Crippen LogP contribution in [0.2, 0.25) is 0 Å². The van der Waals surface area contributed by atoms with Gasteiger partial charge in [0.2, 0.25) is 5.91 Å². The van der Waals surface area contributed by atoms with Crippen molar-refractivity contribution in [2.24, 2.45) is 17.8 Å². The molecule has 6 nitrogen and oxygen atoms in total. The Kier molecular flexibility index (Phi) is 3.46. The zero-order chi connectivity index (χ0) is 14.1. The zero-order valence-corrected chi connectivity index (χ0v) is 11.3. The summed E-state index contributed by atoms with van der Waals surface area (Å²) in [4.78, 5) is 25.2. The normalized spacial score (nSPS) is 25.9. The summed E-state index contributed by atoms with van der Waals surface area (Å²) in [7, 11) is 0. The van der Waals surface area contributed by atoms with Crippen LogP contribution in [0.1, 0.15) is 19.3 Å². The summed E-state index contributed by atoms with van der Waals surface area (Å²) in [6.45, 7) is 1.53. The molecule has 0 aromatic carbocycles. The molecule has 108 valence electrons. The third kappa shape index (κ3) is 2.69. The molecule has 1 amide bonds. The number of carboxylic acids is 1. The fourth-order valence-corrected chi connectivity index (χ4v) is 3.10. The molecule has 6 heteroatoms. The summed E-state index contributed by atoms with van der Waals surface area (Å²) < 4.78 is 1.72. The highest BCUT2D eigenvalue weighted by Crippen LogP contribution is 2.44. The van der Waals surface area contributed by atoms with Gasteiger partial charge in [0.15, 0.2) is 0 Å². The van der Waals surface area contributed by atoms with Crippen LogP contribution >= 0.6 is 0 Å². The first-order valence-electron chi connectivity index (χ1n) is 7.13. The monoisotopic (exact) mass is 277 g/mol. The minimum atomic E-state index is -0.760. The number of nitrogens with zero attached hydrogens (tertiary/aromatic N) is 3. The van der Waals surface area contributed by atoms with Gasteiger partial charge in [0.1, 0.15) is 0 Å². The Morgan fingerprint density at radius 2 is 2.10 bits per heavy atom. The van der Waals surface area contributed by atoms with E-state index >= 15 is 0 Å². The second-order valence-electron chi connectivity index (χ2n) is 5.76. The summed E-state index contributed by atoms with van der Waals surface area (Å²) in [5.41, 5.74) is 0. The van der Waals surface area contributed by atoms with Gasteiger partial charge in [-0.05, 0) is 30.7 Å². The lowest BCUT2D eigenvalue weighted by Gasteiger charge is -2.16. The van der Waals surface area contributed by atoms with Gasteiger partial charge in [-0.15, -0.1) is 0 Å². The first-order chi connectivity index (χ1) is 9.65. The molecule has 20 heavy (non-hydrogen) atoms. The van der Waals surface area contributed by atoms with Gasteiger partial charge in [-0.25, -0.2) is 0 Å². The molecule has 2 atom stereocenters. The maximum Gasteiger partial charge on any atom is 0.308 e. The van der Waals surface area contributed by atoms with Crippen LogP contribution in [0.5, 0.6) is 0 Å². The quantitative estimate of drug-likeness (QED) is 0.865. The van der Waals surface area contributed by atoms with Crippen LogP contribution in [0.25, 0.3) is 0 Å². The lowest BCUT2D eigenvalue weighted by molar-refractivity contribution is -0.142. The second kappa shape index (κ2) is 5.26. The maximum absolute atomic E-state index is 12.2. The van der Waals surface area contributed by atoms with Gasteiger partial charge in [0.25, 0.3) is 0 Å². The molecule has 3 rings (SSSR count). The van der Waals surface area contributed by atoms with Crippen molar-refractivity contribution in [3.05, 3.63) is 18.5 Å². The molecule has 1 saturated heterocycles. The Bertz CT molecular complexity index is 496. The van der Waals surface area contributed by atoms with E-state index in [-0.39, 0.29) is 17.7 Å². The zero-order valence-electron chi connectivity index (χ0n) is 11.3. The smallest absolute Gasteiger partial charge is 0.308 e. The molecule has 1 aliphatic carbocycles. The molecule has 0 radical (unpaired) electrons. The van der Waals surface area contributed by atoms with Gasteiger partial charge in [-0.1, -0.05) is 0 Å². The van der Waals surface area contributed by atoms with Gasteiger partial charge in [0, 0.05) is 38.4 Å². The van der Waals surface area contributed by atoms with Crippen LogP contribution in [0.4, 0.5) is 0 Å². The first kappa shape index (κ1) is 13.1. The lowest BCUT2D eigenvalue weighted by atomic mass is 9.92. The average molecular weight is 277 g/mol. The van der Waals surface area contributed by atoms with E-state index < -0.39 is 5.97 Å². The lowest BCUT2D eigenvalue weighted by Crippen LogP contribution is -2.30. The molecule has 0 bridgehead atoms. The number of carbonyl (C=O) groups is 2. The standard InChI is InChI=1S/C14H19N3O3/c18-13(4-7-17-6-1-5-15-17)16-8-11(10-2-3-10)12(9-16)14(19)20/h1,5-6,10-12H,2-4,7-9H2,(H,19,20)/t11-,12+/m0/s1. The number of hydrogen-bond acceptors (Lipinski definition) is 3. The summed E-state index contributed by atoms with van der Waals surface area (Å²) in [5.74, 6) is -0.434. The molecule has 0 unspecified atom stereocenters. The van der Waals surface area contributed by atoms with Crippen LogP contribution in [0.15, 0.2) is 18.5 Å². The van der Waals surface area contributed by atoms with Crippen molar-refractivity contribution < 1.29 is 14.7 Å². The van der Waals surface area contributed by atoms with Crippen molar-refractivity contribution in [3.8, 4) is 0 Å². The van der Waals surface area contributed by atoms with Crippen molar-refractivity contribution in [2.75, 3.05) is 13.1 Å². The molecule has 2 heterocycles. The number of rotatable bonds is 5. The van der Waals surface area contributed by atoms with E-state index in [1.165, 1.54) is 0 Å². The Hall–Kier alpha value is -1.85. The van der Waals surface area contributed by atoms with Gasteiger partial charge < -0.3 is 10.0 Å². The minimum Gasteiger partial charge on any atom is -0.481 e. The van der Waals surface area contributed by atoms with Crippen molar-refractivity contribution in [3.63, 3.8) is 0 Å². The van der Waals surface area contributed by atoms with E-state index in [1.807, 2.05) is 12.3 Å². The Labute approximate surface area is 117 Å². The van der Waals surface area contributed by atoms with E-state index in [0.29, 0.717) is 32.0 Å². The van der Waals surface area contributed by atoms with Crippen molar-refractivity contribution >= 4 is 11.9 Å². The second-order valence-corrected chi connectivity index (χ2v) is 5.76. The number of carboxylic acid groups (broad SMARTS) is 1. The average Bonchev–Trinajstić information content (AvgIpc) is 2.97. The summed E-state index contributed by atoms with van der Waals surface area (Å²) in [5, 5.41) is 13.4. The van der Waals surface area contributed by atoms with Crippen molar-refractivity contribution in [2.45, 2.75) is 25.8 Å². The molecule has 1 saturated carbocycles. The Morgan fingerprint density at radius 1 is 1.30 bits per heavy atom. The predicted molar refractivity (Wildman–Crippen MR) is 70.8 cm³/mol. The van der Waals surface area contributed by atoms with Gasteiger partial charge in [0.05, 0.1) is 5.92 Å². The summed E-state index contributed by atoms with van der Waals surface area (Å²) >= 11 is 0. The van der Waals surface area contributed by atoms with E-state index in [2.05, 4.69) is 5.10 Å². The van der Waals surface area contributed by atoms with E-state index in [4.69, 9.17) is 0 Å². The van der Waals surface area contributed by atoms with Crippen LogP contribution in [0, 0.1) is 17.8 Å². The fourth-order valence-electron chi connectivity index (χ4n) is 3.10. The van der Waals surface area contributed by atoms with Crippen molar-refractivity contribution in [1.29, 1.82) is 0 Å². The third-order valence-corrected chi connectivity index (χ3v) is 4.38. The predicted octanol–water partition coefficient (Wildman–Crippen LogP) is 0.842. The maximum atomic E-state index is 12.2. The largest absolute Gasteiger partial charge is 0.481 e. The van der Waals surface area contributed by atoms with E-state index in [1.54, 1.807) is 15.8 Å². The van der Waals surface area contributed by atoms with Gasteiger partial charge in [-0.2, -0.15) is 5.10 Å². The molecule has 1 aromatic heterocycles. The van der Waals surface area contributed by atoms with Gasteiger partial charge in [-0.3, -0.25) is 14.3 Å². The van der Waals surface area contributed by atoms with E-state index in [0.717, 1.165) is 12.8 Å². The highest BCUT2D eigenvalue weighted by atomic mass is 16.4. The Morgan fingerprint density at radius 3 is 2.70 bits per heavy atom.